The zero-order valence-corrected chi connectivity index (χ0v) is 13.5. The van der Waals surface area contributed by atoms with Crippen molar-refractivity contribution in [3.05, 3.63) is 64.7 Å². The quantitative estimate of drug-likeness (QED) is 0.610. The van der Waals surface area contributed by atoms with Gasteiger partial charge in [-0.3, -0.25) is 14.9 Å². The van der Waals surface area contributed by atoms with E-state index in [2.05, 4.69) is 10.0 Å². The number of anilines is 1. The van der Waals surface area contributed by atoms with Crippen molar-refractivity contribution >= 4 is 27.3 Å². The second kappa shape index (κ2) is 7.20. The lowest BCUT2D eigenvalue weighted by molar-refractivity contribution is -0.387. The summed E-state index contributed by atoms with van der Waals surface area (Å²) in [6.07, 6.45) is 0. The number of carbonyl (C=O) groups is 1. The highest BCUT2D eigenvalue weighted by Crippen LogP contribution is 2.22. The van der Waals surface area contributed by atoms with Gasteiger partial charge in [0, 0.05) is 11.8 Å². The van der Waals surface area contributed by atoms with Gasteiger partial charge in [0.15, 0.2) is 4.90 Å². The van der Waals surface area contributed by atoms with Crippen LogP contribution >= 0.6 is 0 Å². The van der Waals surface area contributed by atoms with Crippen LogP contribution in [0, 0.1) is 10.1 Å². The van der Waals surface area contributed by atoms with Crippen molar-refractivity contribution in [3.8, 4) is 0 Å². The maximum atomic E-state index is 12.3. The zero-order chi connectivity index (χ0) is 17.7. The fourth-order valence-electron chi connectivity index (χ4n) is 1.96. The highest BCUT2D eigenvalue weighted by atomic mass is 32.2. The van der Waals surface area contributed by atoms with Gasteiger partial charge in [0.2, 0.25) is 15.9 Å². The van der Waals surface area contributed by atoms with Gasteiger partial charge < -0.3 is 5.32 Å². The van der Waals surface area contributed by atoms with E-state index in [1.54, 1.807) is 30.3 Å². The number of nitro groups is 1. The van der Waals surface area contributed by atoms with E-state index in [-0.39, 0.29) is 0 Å². The van der Waals surface area contributed by atoms with E-state index in [0.29, 0.717) is 5.69 Å². The minimum Gasteiger partial charge on any atom is -0.325 e. The predicted molar refractivity (Wildman–Crippen MR) is 88.0 cm³/mol. The van der Waals surface area contributed by atoms with Crippen molar-refractivity contribution in [1.82, 2.24) is 4.72 Å². The van der Waals surface area contributed by atoms with Crippen molar-refractivity contribution in [2.75, 3.05) is 5.32 Å². The van der Waals surface area contributed by atoms with E-state index in [0.717, 1.165) is 12.1 Å². The average molecular weight is 349 g/mol. The summed E-state index contributed by atoms with van der Waals surface area (Å²) in [5.41, 5.74) is -0.0418. The summed E-state index contributed by atoms with van der Waals surface area (Å²) in [5.74, 6) is -0.580. The van der Waals surface area contributed by atoms with E-state index in [9.17, 15) is 23.3 Å². The van der Waals surface area contributed by atoms with Gasteiger partial charge in [-0.25, -0.2) is 8.42 Å². The maximum Gasteiger partial charge on any atom is 0.289 e. The minimum absolute atomic E-state index is 0.491. The summed E-state index contributed by atoms with van der Waals surface area (Å²) < 4.78 is 26.8. The first kappa shape index (κ1) is 17.6. The number of rotatable bonds is 6. The molecule has 0 saturated carbocycles. The second-order valence-electron chi connectivity index (χ2n) is 4.92. The minimum atomic E-state index is -4.22. The smallest absolute Gasteiger partial charge is 0.289 e. The van der Waals surface area contributed by atoms with Crippen LogP contribution in [0.25, 0.3) is 0 Å². The van der Waals surface area contributed by atoms with Gasteiger partial charge in [0.1, 0.15) is 0 Å². The average Bonchev–Trinajstić information content (AvgIpc) is 2.55. The van der Waals surface area contributed by atoms with E-state index in [1.165, 1.54) is 19.1 Å². The molecule has 0 aliphatic heterocycles. The van der Waals surface area contributed by atoms with Crippen molar-refractivity contribution < 1.29 is 18.1 Å². The topological polar surface area (TPSA) is 118 Å². The molecule has 2 rings (SSSR count). The van der Waals surface area contributed by atoms with Gasteiger partial charge >= 0.3 is 0 Å². The Hall–Kier alpha value is -2.78. The van der Waals surface area contributed by atoms with Crippen molar-refractivity contribution in [2.45, 2.75) is 17.9 Å². The van der Waals surface area contributed by atoms with Crippen molar-refractivity contribution in [3.63, 3.8) is 0 Å². The lowest BCUT2D eigenvalue weighted by Crippen LogP contribution is -2.41. The lowest BCUT2D eigenvalue weighted by atomic mass is 10.3. The molecule has 9 heteroatoms. The molecule has 1 amide bonds. The number of amides is 1. The Balaban J connectivity index is 2.17. The molecule has 2 aromatic carbocycles. The number of hydrogen-bond acceptors (Lipinski definition) is 5. The number of nitro benzene ring substituents is 1. The Bertz CT molecular complexity index is 852. The molecule has 126 valence electrons. The van der Waals surface area contributed by atoms with Gasteiger partial charge in [-0.2, -0.15) is 4.72 Å². The highest BCUT2D eigenvalue weighted by molar-refractivity contribution is 7.89. The standard InChI is InChI=1S/C15H15N3O5S/c1-11(15(19)16-12-7-3-2-4-8-12)17-24(22,23)14-10-6-5-9-13(14)18(20)21/h2-11,17H,1H3,(H,16,19)/t11-/m0/s1. The third-order valence-electron chi connectivity index (χ3n) is 3.12. The molecule has 0 aliphatic rings. The molecule has 2 aromatic rings. The van der Waals surface area contributed by atoms with Crippen LogP contribution in [-0.4, -0.2) is 25.3 Å². The highest BCUT2D eigenvalue weighted by Gasteiger charge is 2.28. The third-order valence-corrected chi connectivity index (χ3v) is 4.71. The Morgan fingerprint density at radius 2 is 1.67 bits per heavy atom. The molecule has 0 heterocycles. The first-order valence-electron chi connectivity index (χ1n) is 6.93. The molecule has 0 spiro atoms. The molecule has 0 fully saturated rings. The number of para-hydroxylation sites is 2. The predicted octanol–water partition coefficient (Wildman–Crippen LogP) is 1.90. The number of hydrogen-bond donors (Lipinski definition) is 2. The number of sulfonamides is 1. The van der Waals surface area contributed by atoms with Gasteiger partial charge in [-0.15, -0.1) is 0 Å². The van der Waals surface area contributed by atoms with E-state index in [4.69, 9.17) is 0 Å². The molecule has 0 unspecified atom stereocenters. The fourth-order valence-corrected chi connectivity index (χ4v) is 3.33. The molecule has 24 heavy (non-hydrogen) atoms. The molecule has 0 aliphatic carbocycles. The van der Waals surface area contributed by atoms with Crippen LogP contribution < -0.4 is 10.0 Å². The summed E-state index contributed by atoms with van der Waals surface area (Å²) in [5, 5.41) is 13.5. The second-order valence-corrected chi connectivity index (χ2v) is 6.61. The van der Waals surface area contributed by atoms with Crippen LogP contribution in [-0.2, 0) is 14.8 Å². The molecule has 1 atom stereocenters. The molecular formula is C15H15N3O5S. The van der Waals surface area contributed by atoms with Crippen LogP contribution in [0.1, 0.15) is 6.92 Å². The summed E-state index contributed by atoms with van der Waals surface area (Å²) in [6, 6.07) is 12.3. The maximum absolute atomic E-state index is 12.3. The SMILES string of the molecule is C[C@H](NS(=O)(=O)c1ccccc1[N+](=O)[O-])C(=O)Nc1ccccc1. The molecule has 8 nitrogen and oxygen atoms in total. The third kappa shape index (κ3) is 4.15. The summed E-state index contributed by atoms with van der Waals surface area (Å²) >= 11 is 0. The molecule has 0 saturated heterocycles. The van der Waals surface area contributed by atoms with Gasteiger partial charge in [-0.1, -0.05) is 30.3 Å². The normalized spacial score (nSPS) is 12.4. The largest absolute Gasteiger partial charge is 0.325 e. The first-order valence-corrected chi connectivity index (χ1v) is 8.41. The molecular weight excluding hydrogens is 334 g/mol. The van der Waals surface area contributed by atoms with Gasteiger partial charge in [-0.05, 0) is 25.1 Å². The van der Waals surface area contributed by atoms with Gasteiger partial charge in [0.05, 0.1) is 11.0 Å². The Morgan fingerprint density at radius 3 is 2.29 bits per heavy atom. The summed E-state index contributed by atoms with van der Waals surface area (Å²) in [6.45, 7) is 1.35. The molecule has 0 radical (unpaired) electrons. The van der Waals surface area contributed by atoms with Crippen LogP contribution in [0.4, 0.5) is 11.4 Å². The fraction of sp³-hybridized carbons (Fsp3) is 0.133. The van der Waals surface area contributed by atoms with Crippen LogP contribution in [0.3, 0.4) is 0 Å². The molecule has 0 bridgehead atoms. The molecule has 2 N–H and O–H groups in total. The number of nitrogens with zero attached hydrogens (tertiary/aromatic N) is 1. The Kier molecular flexibility index (Phi) is 5.27. The summed E-state index contributed by atoms with van der Waals surface area (Å²) in [4.78, 5) is 21.8. The van der Waals surface area contributed by atoms with Crippen molar-refractivity contribution in [1.29, 1.82) is 0 Å². The monoisotopic (exact) mass is 349 g/mol. The number of benzene rings is 2. The molecule has 0 aromatic heterocycles. The Labute approximate surface area is 138 Å². The van der Waals surface area contributed by atoms with E-state index >= 15 is 0 Å². The van der Waals surface area contributed by atoms with E-state index < -0.39 is 37.5 Å². The van der Waals surface area contributed by atoms with Crippen molar-refractivity contribution in [2.24, 2.45) is 0 Å². The van der Waals surface area contributed by atoms with Crippen LogP contribution in [0.2, 0.25) is 0 Å². The summed E-state index contributed by atoms with van der Waals surface area (Å²) in [7, 11) is -4.22. The zero-order valence-electron chi connectivity index (χ0n) is 12.7. The first-order chi connectivity index (χ1) is 11.3. The lowest BCUT2D eigenvalue weighted by Gasteiger charge is -2.14. The Morgan fingerprint density at radius 1 is 1.08 bits per heavy atom. The van der Waals surface area contributed by atoms with E-state index in [1.807, 2.05) is 0 Å². The van der Waals surface area contributed by atoms with Crippen LogP contribution in [0.5, 0.6) is 0 Å². The number of nitrogens with one attached hydrogen (secondary N) is 2. The van der Waals surface area contributed by atoms with Gasteiger partial charge in [0.25, 0.3) is 5.69 Å². The van der Waals surface area contributed by atoms with Crippen LogP contribution in [0.15, 0.2) is 59.5 Å². The number of carbonyl (C=O) groups excluding carboxylic acids is 1.